The molecule has 0 aliphatic carbocycles. The van der Waals surface area contributed by atoms with E-state index in [0.717, 1.165) is 11.3 Å². The number of alkyl halides is 3. The molecule has 2 nitrogen and oxygen atoms in total. The van der Waals surface area contributed by atoms with Gasteiger partial charge in [0.25, 0.3) is 0 Å². The normalized spacial score (nSPS) is 12.1. The van der Waals surface area contributed by atoms with E-state index in [9.17, 15) is 13.2 Å². The van der Waals surface area contributed by atoms with Crippen LogP contribution in [0.5, 0.6) is 0 Å². The van der Waals surface area contributed by atoms with Gasteiger partial charge in [0.05, 0.1) is 4.88 Å². The number of hydrogen-bond acceptors (Lipinski definition) is 4. The summed E-state index contributed by atoms with van der Waals surface area (Å²) in [4.78, 5) is 3.65. The molecule has 1 aromatic heterocycles. The number of nitrogens with two attached hydrogens (primary N) is 1. The minimum Gasteiger partial charge on any atom is -0.326 e. The second-order valence-electron chi connectivity index (χ2n) is 2.51. The van der Waals surface area contributed by atoms with E-state index in [4.69, 9.17) is 5.73 Å². The van der Waals surface area contributed by atoms with E-state index in [1.807, 2.05) is 6.26 Å². The van der Waals surface area contributed by atoms with E-state index in [1.165, 1.54) is 11.8 Å². The van der Waals surface area contributed by atoms with Crippen molar-refractivity contribution in [1.82, 2.24) is 4.98 Å². The number of aromatic nitrogens is 1. The van der Waals surface area contributed by atoms with Gasteiger partial charge in [-0.25, -0.2) is 4.98 Å². The molecule has 80 valence electrons. The Morgan fingerprint density at radius 1 is 1.50 bits per heavy atom. The van der Waals surface area contributed by atoms with E-state index in [2.05, 4.69) is 4.98 Å². The van der Waals surface area contributed by atoms with Crippen LogP contribution in [0.2, 0.25) is 0 Å². The van der Waals surface area contributed by atoms with Crippen LogP contribution < -0.4 is 5.73 Å². The van der Waals surface area contributed by atoms with Crippen molar-refractivity contribution in [2.24, 2.45) is 5.73 Å². The van der Waals surface area contributed by atoms with Gasteiger partial charge >= 0.3 is 6.18 Å². The number of thiazole rings is 1. The minimum atomic E-state index is -4.39. The van der Waals surface area contributed by atoms with Crippen molar-refractivity contribution in [1.29, 1.82) is 0 Å². The molecule has 0 saturated heterocycles. The number of thioether (sulfide) groups is 1. The van der Waals surface area contributed by atoms with Crippen LogP contribution in [-0.4, -0.2) is 11.2 Å². The van der Waals surface area contributed by atoms with Crippen molar-refractivity contribution in [3.63, 3.8) is 0 Å². The molecule has 0 spiro atoms. The van der Waals surface area contributed by atoms with Gasteiger partial charge in [0.15, 0.2) is 5.69 Å². The summed E-state index contributed by atoms with van der Waals surface area (Å²) in [5, 5.41) is 0.477. The van der Waals surface area contributed by atoms with E-state index in [1.54, 1.807) is 0 Å². The maximum Gasteiger partial charge on any atom is 0.434 e. The van der Waals surface area contributed by atoms with E-state index < -0.39 is 11.9 Å². The third-order valence-electron chi connectivity index (χ3n) is 1.46. The topological polar surface area (TPSA) is 38.9 Å². The fourth-order valence-corrected chi connectivity index (χ4v) is 2.61. The molecule has 14 heavy (non-hydrogen) atoms. The summed E-state index contributed by atoms with van der Waals surface area (Å²) in [6.45, 7) is -0.110. The fourth-order valence-electron chi connectivity index (χ4n) is 0.945. The zero-order valence-electron chi connectivity index (χ0n) is 7.39. The first kappa shape index (κ1) is 11.8. The van der Waals surface area contributed by atoms with E-state index >= 15 is 0 Å². The first-order valence-corrected chi connectivity index (χ1v) is 5.95. The first-order chi connectivity index (χ1) is 6.49. The Morgan fingerprint density at radius 3 is 2.50 bits per heavy atom. The monoisotopic (exact) mass is 242 g/mol. The fraction of sp³-hybridized carbons (Fsp3) is 0.571. The molecule has 0 unspecified atom stereocenters. The van der Waals surface area contributed by atoms with Crippen LogP contribution in [0.4, 0.5) is 13.2 Å². The van der Waals surface area contributed by atoms with Crippen LogP contribution in [0.3, 0.4) is 0 Å². The van der Waals surface area contributed by atoms with Crippen LogP contribution in [0.1, 0.15) is 15.6 Å². The van der Waals surface area contributed by atoms with Gasteiger partial charge in [-0.15, -0.1) is 11.3 Å². The lowest BCUT2D eigenvalue weighted by molar-refractivity contribution is -0.141. The summed E-state index contributed by atoms with van der Waals surface area (Å²) in [5.74, 6) is 0.494. The largest absolute Gasteiger partial charge is 0.434 e. The van der Waals surface area contributed by atoms with Gasteiger partial charge in [0.1, 0.15) is 5.01 Å². The molecule has 0 bridgehead atoms. The molecular weight excluding hydrogens is 233 g/mol. The highest BCUT2D eigenvalue weighted by Crippen LogP contribution is 2.34. The lowest BCUT2D eigenvalue weighted by Crippen LogP contribution is -2.10. The molecule has 1 rings (SSSR count). The van der Waals surface area contributed by atoms with Crippen molar-refractivity contribution in [2.45, 2.75) is 18.5 Å². The Bertz CT molecular complexity index is 308. The van der Waals surface area contributed by atoms with Crippen molar-refractivity contribution in [3.8, 4) is 0 Å². The molecule has 0 aliphatic heterocycles. The van der Waals surface area contributed by atoms with Gasteiger partial charge in [0.2, 0.25) is 0 Å². The average molecular weight is 242 g/mol. The maximum absolute atomic E-state index is 12.4. The van der Waals surface area contributed by atoms with Crippen LogP contribution in [0.25, 0.3) is 0 Å². The molecule has 0 amide bonds. The highest BCUT2D eigenvalue weighted by molar-refractivity contribution is 7.97. The van der Waals surface area contributed by atoms with Gasteiger partial charge < -0.3 is 5.73 Å². The Balaban J connectivity index is 3.02. The summed E-state index contributed by atoms with van der Waals surface area (Å²) in [7, 11) is 0. The molecular formula is C7H9F3N2S2. The minimum absolute atomic E-state index is 0.110. The van der Waals surface area contributed by atoms with Crippen molar-refractivity contribution < 1.29 is 13.2 Å². The molecule has 0 aromatic carbocycles. The van der Waals surface area contributed by atoms with Gasteiger partial charge in [0, 0.05) is 12.3 Å². The highest BCUT2D eigenvalue weighted by atomic mass is 32.2. The quantitative estimate of drug-likeness (QED) is 0.885. The van der Waals surface area contributed by atoms with Crippen LogP contribution >= 0.6 is 23.1 Å². The standard InChI is InChI=1S/C7H9F3N2S2/c1-13-3-5-12-6(7(8,9)10)4(2-11)14-5/h2-3,11H2,1H3. The molecule has 0 aliphatic rings. The van der Waals surface area contributed by atoms with Crippen molar-refractivity contribution >= 4 is 23.1 Å². The van der Waals surface area contributed by atoms with Gasteiger partial charge in [-0.05, 0) is 6.26 Å². The number of rotatable bonds is 3. The third kappa shape index (κ3) is 2.61. The van der Waals surface area contributed by atoms with Crippen LogP contribution in [0, 0.1) is 0 Å². The Morgan fingerprint density at radius 2 is 2.14 bits per heavy atom. The second-order valence-corrected chi connectivity index (χ2v) is 4.55. The van der Waals surface area contributed by atoms with E-state index in [-0.39, 0.29) is 11.4 Å². The SMILES string of the molecule is CSCc1nc(C(F)(F)F)c(CN)s1. The average Bonchev–Trinajstić information content (AvgIpc) is 2.47. The number of hydrogen-bond donors (Lipinski definition) is 1. The summed E-state index contributed by atoms with van der Waals surface area (Å²) >= 11 is 2.47. The lowest BCUT2D eigenvalue weighted by Gasteiger charge is -2.03. The zero-order chi connectivity index (χ0) is 10.8. The van der Waals surface area contributed by atoms with Crippen LogP contribution in [0.15, 0.2) is 0 Å². The molecule has 2 N–H and O–H groups in total. The van der Waals surface area contributed by atoms with E-state index in [0.29, 0.717) is 10.8 Å². The zero-order valence-corrected chi connectivity index (χ0v) is 9.02. The third-order valence-corrected chi connectivity index (χ3v) is 3.29. The number of halogens is 3. The number of nitrogens with zero attached hydrogens (tertiary/aromatic N) is 1. The summed E-state index contributed by atoms with van der Waals surface area (Å²) in [6.07, 6.45) is -2.57. The van der Waals surface area contributed by atoms with Gasteiger partial charge in [-0.2, -0.15) is 24.9 Å². The first-order valence-electron chi connectivity index (χ1n) is 3.73. The van der Waals surface area contributed by atoms with Crippen molar-refractivity contribution in [2.75, 3.05) is 6.26 Å². The second kappa shape index (κ2) is 4.50. The molecule has 0 saturated carbocycles. The van der Waals surface area contributed by atoms with Crippen LogP contribution in [-0.2, 0) is 18.5 Å². The van der Waals surface area contributed by atoms with Gasteiger partial charge in [-0.3, -0.25) is 0 Å². The molecule has 0 atom stereocenters. The van der Waals surface area contributed by atoms with Gasteiger partial charge in [-0.1, -0.05) is 0 Å². The predicted octanol–water partition coefficient (Wildman–Crippen LogP) is 2.48. The Hall–Kier alpha value is -0.270. The molecule has 7 heteroatoms. The maximum atomic E-state index is 12.4. The smallest absolute Gasteiger partial charge is 0.326 e. The van der Waals surface area contributed by atoms with Crippen molar-refractivity contribution in [3.05, 3.63) is 15.6 Å². The molecule has 1 aromatic rings. The summed E-state index contributed by atoms with van der Waals surface area (Å²) in [6, 6.07) is 0. The predicted molar refractivity (Wildman–Crippen MR) is 52.2 cm³/mol. The molecule has 0 radical (unpaired) electrons. The molecule has 1 heterocycles. The lowest BCUT2D eigenvalue weighted by atomic mass is 10.3. The summed E-state index contributed by atoms with van der Waals surface area (Å²) < 4.78 is 37.1. The Kier molecular flexibility index (Phi) is 3.79. The highest BCUT2D eigenvalue weighted by Gasteiger charge is 2.36. The summed E-state index contributed by atoms with van der Waals surface area (Å²) in [5.41, 5.74) is 4.40. The Labute approximate surface area is 87.7 Å². The molecule has 0 fully saturated rings.